The lowest BCUT2D eigenvalue weighted by molar-refractivity contribution is -0.137. The summed E-state index contributed by atoms with van der Waals surface area (Å²) in [5.41, 5.74) is 1.94. The number of para-hydroxylation sites is 1. The van der Waals surface area contributed by atoms with E-state index < -0.39 is 33.8 Å². The molecule has 1 saturated heterocycles. The quantitative estimate of drug-likeness (QED) is 0.384. The average molecular weight is 642 g/mol. The molecule has 0 aliphatic carbocycles. The number of anilines is 1. The van der Waals surface area contributed by atoms with Crippen molar-refractivity contribution in [2.45, 2.75) is 31.8 Å². The van der Waals surface area contributed by atoms with E-state index >= 15 is 0 Å². The Kier molecular flexibility index (Phi) is 8.78. The minimum Gasteiger partial charge on any atom is -0.478 e. The van der Waals surface area contributed by atoms with Gasteiger partial charge in [0.05, 0.1) is 46.4 Å². The van der Waals surface area contributed by atoms with Crippen molar-refractivity contribution in [1.82, 2.24) is 19.0 Å². The molecule has 232 valence electrons. The number of aromatic nitrogens is 2. The number of β-amino-alcohol motifs (C(OH)–C–C–N with tert-alkyl or cyclic N) is 1. The predicted octanol–water partition coefficient (Wildman–Crippen LogP) is 3.42. The van der Waals surface area contributed by atoms with Crippen molar-refractivity contribution in [1.29, 1.82) is 0 Å². The molecule has 2 aromatic carbocycles. The lowest BCUT2D eigenvalue weighted by Gasteiger charge is -2.37. The Morgan fingerprint density at radius 3 is 2.33 bits per heavy atom. The van der Waals surface area contributed by atoms with E-state index in [4.69, 9.17) is 11.6 Å². The van der Waals surface area contributed by atoms with E-state index in [1.807, 2.05) is 4.90 Å². The molecule has 0 spiro atoms. The van der Waals surface area contributed by atoms with Gasteiger partial charge in [-0.3, -0.25) is 9.58 Å². The molecule has 43 heavy (non-hydrogen) atoms. The standard InChI is InChI=1S/C28H31ClF3N5O5S/c1-43(41,42)36-10-9-24-22(17-36)25(18-5-7-19(8-6-18)28(30,31)32)33-37(24)16-20(38)15-34-11-13-35(14-12-34)26-21(27(39)40)3-2-4-23(26)29/h2-8,20,38H,9-17H2,1H3,(H,39,40). The number of carboxylic acids is 1. The number of halogens is 4. The maximum atomic E-state index is 13.1. The van der Waals surface area contributed by atoms with Crippen LogP contribution in [0.1, 0.15) is 27.2 Å². The van der Waals surface area contributed by atoms with E-state index in [2.05, 4.69) is 10.00 Å². The molecule has 2 N–H and O–H groups in total. The second-order valence-electron chi connectivity index (χ2n) is 10.8. The number of rotatable bonds is 8. The van der Waals surface area contributed by atoms with Gasteiger partial charge in [-0.25, -0.2) is 13.2 Å². The van der Waals surface area contributed by atoms with Crippen LogP contribution in [0.25, 0.3) is 11.3 Å². The molecule has 0 saturated carbocycles. The molecule has 1 fully saturated rings. The van der Waals surface area contributed by atoms with Crippen LogP contribution in [-0.2, 0) is 35.7 Å². The average Bonchev–Trinajstić information content (AvgIpc) is 3.30. The minimum absolute atomic E-state index is 0.0307. The number of alkyl halides is 3. The van der Waals surface area contributed by atoms with Gasteiger partial charge in [0.15, 0.2) is 0 Å². The van der Waals surface area contributed by atoms with E-state index in [1.54, 1.807) is 16.8 Å². The fraction of sp³-hybridized carbons (Fsp3) is 0.429. The number of hydrogen-bond donors (Lipinski definition) is 2. The van der Waals surface area contributed by atoms with Crippen LogP contribution in [0.2, 0.25) is 5.02 Å². The summed E-state index contributed by atoms with van der Waals surface area (Å²) in [6.07, 6.45) is -3.89. The van der Waals surface area contributed by atoms with Crippen LogP contribution in [0.3, 0.4) is 0 Å². The summed E-state index contributed by atoms with van der Waals surface area (Å²) in [7, 11) is -3.51. The number of fused-ring (bicyclic) bond motifs is 1. The molecule has 1 unspecified atom stereocenters. The van der Waals surface area contributed by atoms with Crippen molar-refractivity contribution >= 4 is 33.3 Å². The van der Waals surface area contributed by atoms with E-state index in [-0.39, 0.29) is 25.2 Å². The fourth-order valence-corrected chi connectivity index (χ4v) is 6.75. The van der Waals surface area contributed by atoms with E-state index in [0.717, 1.165) is 24.1 Å². The van der Waals surface area contributed by atoms with Crippen LogP contribution in [0.15, 0.2) is 42.5 Å². The normalized spacial score (nSPS) is 17.6. The summed E-state index contributed by atoms with van der Waals surface area (Å²) in [4.78, 5) is 15.7. The van der Waals surface area contributed by atoms with E-state index in [1.165, 1.54) is 22.5 Å². The third kappa shape index (κ3) is 6.83. The van der Waals surface area contributed by atoms with Crippen molar-refractivity contribution < 1.29 is 36.6 Å². The SMILES string of the molecule is CS(=O)(=O)N1CCc2c(c(-c3ccc(C(F)(F)F)cc3)nn2CC(O)CN2CCN(c3c(Cl)cccc3C(=O)O)CC2)C1. The first-order valence-electron chi connectivity index (χ1n) is 13.6. The second-order valence-corrected chi connectivity index (χ2v) is 13.1. The number of hydrogen-bond acceptors (Lipinski definition) is 7. The number of benzene rings is 2. The molecule has 3 heterocycles. The van der Waals surface area contributed by atoms with Crippen LogP contribution in [0.5, 0.6) is 0 Å². The summed E-state index contributed by atoms with van der Waals surface area (Å²) >= 11 is 6.33. The van der Waals surface area contributed by atoms with Gasteiger partial charge in [0, 0.05) is 69.1 Å². The summed E-state index contributed by atoms with van der Waals surface area (Å²) in [5, 5.41) is 25.6. The molecule has 0 radical (unpaired) electrons. The van der Waals surface area contributed by atoms with Crippen molar-refractivity contribution in [3.63, 3.8) is 0 Å². The highest BCUT2D eigenvalue weighted by Crippen LogP contribution is 2.35. The monoisotopic (exact) mass is 641 g/mol. The lowest BCUT2D eigenvalue weighted by Crippen LogP contribution is -2.49. The summed E-state index contributed by atoms with van der Waals surface area (Å²) in [6.45, 7) is 2.79. The van der Waals surface area contributed by atoms with E-state index in [9.17, 15) is 36.6 Å². The first-order valence-corrected chi connectivity index (χ1v) is 15.8. The molecule has 1 aromatic heterocycles. The van der Waals surface area contributed by atoms with Gasteiger partial charge in [-0.15, -0.1) is 0 Å². The zero-order valence-electron chi connectivity index (χ0n) is 23.3. The van der Waals surface area contributed by atoms with Crippen LogP contribution in [-0.4, -0.2) is 95.2 Å². The number of carboxylic acid groups (broad SMARTS) is 1. The second kappa shape index (κ2) is 12.1. The van der Waals surface area contributed by atoms with Gasteiger partial charge < -0.3 is 15.1 Å². The molecule has 15 heteroatoms. The minimum atomic E-state index is -4.49. The highest BCUT2D eigenvalue weighted by Gasteiger charge is 2.33. The molecule has 1 atom stereocenters. The molecule has 0 bridgehead atoms. The predicted molar refractivity (Wildman–Crippen MR) is 155 cm³/mol. The Morgan fingerprint density at radius 1 is 1.05 bits per heavy atom. The summed E-state index contributed by atoms with van der Waals surface area (Å²) in [6, 6.07) is 9.33. The van der Waals surface area contributed by atoms with E-state index in [0.29, 0.717) is 66.7 Å². The van der Waals surface area contributed by atoms with Crippen molar-refractivity contribution in [2.24, 2.45) is 0 Å². The van der Waals surface area contributed by atoms with Crippen molar-refractivity contribution in [2.75, 3.05) is 50.4 Å². The van der Waals surface area contributed by atoms with Crippen LogP contribution in [0, 0.1) is 0 Å². The Morgan fingerprint density at radius 2 is 1.72 bits per heavy atom. The third-order valence-electron chi connectivity index (χ3n) is 7.81. The summed E-state index contributed by atoms with van der Waals surface area (Å²) in [5.74, 6) is -1.06. The Bertz CT molecular complexity index is 1610. The van der Waals surface area contributed by atoms with Crippen LogP contribution < -0.4 is 4.90 Å². The van der Waals surface area contributed by atoms with Gasteiger partial charge in [0.2, 0.25) is 10.0 Å². The first kappa shape index (κ1) is 31.3. The molecule has 3 aromatic rings. The maximum Gasteiger partial charge on any atom is 0.416 e. The molecular formula is C28H31ClF3N5O5S. The summed E-state index contributed by atoms with van der Waals surface area (Å²) < 4.78 is 66.9. The van der Waals surface area contributed by atoms with Gasteiger partial charge in [-0.2, -0.15) is 22.6 Å². The maximum absolute atomic E-state index is 13.1. The van der Waals surface area contributed by atoms with Gasteiger partial charge in [0.25, 0.3) is 0 Å². The lowest BCUT2D eigenvalue weighted by atomic mass is 10.0. The van der Waals surface area contributed by atoms with Gasteiger partial charge in [-0.1, -0.05) is 29.8 Å². The van der Waals surface area contributed by atoms with Gasteiger partial charge in [-0.05, 0) is 24.3 Å². The van der Waals surface area contributed by atoms with Crippen molar-refractivity contribution in [3.8, 4) is 11.3 Å². The molecule has 10 nitrogen and oxygen atoms in total. The fourth-order valence-electron chi connectivity index (χ4n) is 5.67. The zero-order valence-corrected chi connectivity index (χ0v) is 24.8. The highest BCUT2D eigenvalue weighted by molar-refractivity contribution is 7.88. The number of carbonyl (C=O) groups is 1. The number of piperazine rings is 1. The number of nitrogens with zero attached hydrogens (tertiary/aromatic N) is 5. The highest BCUT2D eigenvalue weighted by atomic mass is 35.5. The first-order chi connectivity index (χ1) is 20.2. The topological polar surface area (TPSA) is 119 Å². The molecular weight excluding hydrogens is 611 g/mol. The van der Waals surface area contributed by atoms with Crippen molar-refractivity contribution in [3.05, 3.63) is 69.9 Å². The Balaban J connectivity index is 1.31. The molecule has 2 aliphatic rings. The molecule has 5 rings (SSSR count). The number of aliphatic hydroxyl groups excluding tert-OH is 1. The smallest absolute Gasteiger partial charge is 0.416 e. The Hall–Kier alpha value is -3.17. The van der Waals surface area contributed by atoms with Crippen LogP contribution in [0.4, 0.5) is 18.9 Å². The molecule has 0 amide bonds. The zero-order chi connectivity index (χ0) is 31.1. The largest absolute Gasteiger partial charge is 0.478 e. The van der Waals surface area contributed by atoms with Gasteiger partial charge in [0.1, 0.15) is 0 Å². The van der Waals surface area contributed by atoms with Crippen LogP contribution >= 0.6 is 11.6 Å². The molecule has 2 aliphatic heterocycles. The van der Waals surface area contributed by atoms with Gasteiger partial charge >= 0.3 is 12.1 Å². The Labute approximate surface area is 251 Å². The number of sulfonamides is 1. The third-order valence-corrected chi connectivity index (χ3v) is 9.37. The number of aliphatic hydroxyl groups is 1. The number of aromatic carboxylic acids is 1.